The van der Waals surface area contributed by atoms with Crippen LogP contribution in [0.1, 0.15) is 96.0 Å². The molecule has 3 atom stereocenters. The number of carbonyl (C=O) groups excluding carboxylic acids is 2. The molecule has 1 amide bonds. The lowest BCUT2D eigenvalue weighted by molar-refractivity contribution is -0.172. The van der Waals surface area contributed by atoms with Gasteiger partial charge >= 0.3 is 17.9 Å². The number of hydrogen-bond donors (Lipinski definition) is 5. The number of carboxylic acid groups (broad SMARTS) is 3. The van der Waals surface area contributed by atoms with E-state index >= 15 is 0 Å². The maximum atomic E-state index is 13.4. The van der Waals surface area contributed by atoms with Crippen molar-refractivity contribution >= 4 is 35.3 Å². The SMILES string of the molecule is CCCCCCCC(=O)CCCCCC/C=C/[C@@H](C(=O)N[C@@H](Cc1ccc(Oc2ccc(N(C)C)cc2)cc1)C(=O)O)[C@@](O)(CC(=O)O)C(=O)O. The van der Waals surface area contributed by atoms with Crippen LogP contribution in [0.2, 0.25) is 0 Å². The number of anilines is 1. The Labute approximate surface area is 300 Å². The van der Waals surface area contributed by atoms with Crippen LogP contribution in [0.4, 0.5) is 5.69 Å². The Morgan fingerprint density at radius 2 is 1.35 bits per heavy atom. The number of carbonyl (C=O) groups is 5. The van der Waals surface area contributed by atoms with Crippen molar-refractivity contribution in [3.63, 3.8) is 0 Å². The number of carboxylic acids is 3. The van der Waals surface area contributed by atoms with E-state index in [4.69, 9.17) is 4.74 Å². The maximum Gasteiger partial charge on any atom is 0.337 e. The topological polar surface area (TPSA) is 191 Å². The molecule has 280 valence electrons. The zero-order valence-corrected chi connectivity index (χ0v) is 30.0. The molecule has 0 aliphatic rings. The molecule has 0 unspecified atom stereocenters. The van der Waals surface area contributed by atoms with Crippen molar-refractivity contribution in [2.24, 2.45) is 5.92 Å². The highest BCUT2D eigenvalue weighted by Gasteiger charge is 2.49. The van der Waals surface area contributed by atoms with Crippen LogP contribution < -0.4 is 15.0 Å². The van der Waals surface area contributed by atoms with Gasteiger partial charge in [0.1, 0.15) is 23.3 Å². The van der Waals surface area contributed by atoms with E-state index in [1.165, 1.54) is 12.5 Å². The molecular formula is C39H54N2O10. The Morgan fingerprint density at radius 3 is 1.86 bits per heavy atom. The Kier molecular flexibility index (Phi) is 18.5. The summed E-state index contributed by atoms with van der Waals surface area (Å²) in [4.78, 5) is 63.2. The molecular weight excluding hydrogens is 656 g/mol. The number of allylic oxidation sites excluding steroid dienone is 1. The molecule has 0 spiro atoms. The van der Waals surface area contributed by atoms with Gasteiger partial charge in [0.15, 0.2) is 5.60 Å². The van der Waals surface area contributed by atoms with Crippen molar-refractivity contribution in [2.75, 3.05) is 19.0 Å². The summed E-state index contributed by atoms with van der Waals surface area (Å²) < 4.78 is 5.86. The lowest BCUT2D eigenvalue weighted by atomic mass is 9.82. The summed E-state index contributed by atoms with van der Waals surface area (Å²) in [6, 6.07) is 12.5. The molecule has 0 aliphatic heterocycles. The summed E-state index contributed by atoms with van der Waals surface area (Å²) in [5.41, 5.74) is -1.50. The minimum Gasteiger partial charge on any atom is -0.481 e. The van der Waals surface area contributed by atoms with Gasteiger partial charge in [0, 0.05) is 39.0 Å². The van der Waals surface area contributed by atoms with Gasteiger partial charge in [-0.25, -0.2) is 9.59 Å². The first kappa shape index (κ1) is 42.5. The Morgan fingerprint density at radius 1 is 0.804 bits per heavy atom. The van der Waals surface area contributed by atoms with E-state index in [-0.39, 0.29) is 12.2 Å². The fourth-order valence-corrected chi connectivity index (χ4v) is 5.57. The Balaban J connectivity index is 2.02. The van der Waals surface area contributed by atoms with Crippen molar-refractivity contribution in [2.45, 2.75) is 108 Å². The molecule has 0 saturated heterocycles. The van der Waals surface area contributed by atoms with Crippen LogP contribution >= 0.6 is 0 Å². The minimum atomic E-state index is -3.03. The number of aliphatic carboxylic acids is 3. The van der Waals surface area contributed by atoms with Gasteiger partial charge in [0.2, 0.25) is 5.91 Å². The first-order valence-electron chi connectivity index (χ1n) is 17.7. The summed E-state index contributed by atoms with van der Waals surface area (Å²) >= 11 is 0. The first-order chi connectivity index (χ1) is 24.3. The molecule has 0 fully saturated rings. The van der Waals surface area contributed by atoms with E-state index in [0.29, 0.717) is 42.7 Å². The average molecular weight is 711 g/mol. The first-order valence-corrected chi connectivity index (χ1v) is 17.7. The third-order valence-corrected chi connectivity index (χ3v) is 8.62. The van der Waals surface area contributed by atoms with E-state index in [1.807, 2.05) is 43.3 Å². The number of benzene rings is 2. The number of hydrogen-bond acceptors (Lipinski definition) is 8. The summed E-state index contributed by atoms with van der Waals surface area (Å²) in [6.45, 7) is 2.15. The normalized spacial score (nSPS) is 13.6. The Hall–Kier alpha value is -4.71. The van der Waals surface area contributed by atoms with Crippen molar-refractivity contribution in [3.05, 3.63) is 66.2 Å². The van der Waals surface area contributed by atoms with Gasteiger partial charge < -0.3 is 35.4 Å². The highest BCUT2D eigenvalue weighted by Crippen LogP contribution is 2.27. The quantitative estimate of drug-likeness (QED) is 0.0537. The number of ketones is 1. The standard InChI is InChI=1S/C39H54N2O10/c1-4-5-6-9-12-15-30(42)16-13-10-7-8-11-14-17-33(39(50,38(48)49)27-35(43)44)36(45)40-34(37(46)47)26-28-18-22-31(23-19-28)51-32-24-20-29(21-25-32)41(2)3/h14,17-25,33-34,50H,4-13,15-16,26-27H2,1-3H3,(H,40,45)(H,43,44)(H,46,47)(H,48,49)/b17-14+/t33-,34-,39-/m0/s1. The summed E-state index contributed by atoms with van der Waals surface area (Å²) in [7, 11) is 3.85. The van der Waals surface area contributed by atoms with E-state index in [0.717, 1.165) is 56.7 Å². The average Bonchev–Trinajstić information content (AvgIpc) is 3.07. The van der Waals surface area contributed by atoms with Crippen molar-refractivity contribution in [1.82, 2.24) is 5.32 Å². The number of unbranched alkanes of at least 4 members (excludes halogenated alkanes) is 8. The predicted molar refractivity (Wildman–Crippen MR) is 194 cm³/mol. The number of nitrogens with zero attached hydrogens (tertiary/aromatic N) is 1. The lowest BCUT2D eigenvalue weighted by Crippen LogP contribution is -2.55. The van der Waals surface area contributed by atoms with Crippen molar-refractivity contribution in [1.29, 1.82) is 0 Å². The van der Waals surface area contributed by atoms with Crippen LogP contribution in [0.5, 0.6) is 11.5 Å². The molecule has 12 nitrogen and oxygen atoms in total. The van der Waals surface area contributed by atoms with Gasteiger partial charge in [-0.15, -0.1) is 0 Å². The number of nitrogens with one attached hydrogen (secondary N) is 1. The van der Waals surface area contributed by atoms with E-state index in [9.17, 15) is 44.4 Å². The van der Waals surface area contributed by atoms with E-state index in [1.54, 1.807) is 24.3 Å². The monoisotopic (exact) mass is 710 g/mol. The second kappa shape index (κ2) is 22.2. The largest absolute Gasteiger partial charge is 0.481 e. The number of Topliss-reactive ketones (excluding diaryl/α,β-unsaturated/α-hetero) is 1. The molecule has 0 radical (unpaired) electrons. The minimum absolute atomic E-state index is 0.179. The molecule has 12 heteroatoms. The fourth-order valence-electron chi connectivity index (χ4n) is 5.57. The van der Waals surface area contributed by atoms with Crippen molar-refractivity contribution < 1.29 is 49.1 Å². The van der Waals surface area contributed by atoms with E-state index in [2.05, 4.69) is 12.2 Å². The van der Waals surface area contributed by atoms with Crippen LogP contribution in [-0.4, -0.2) is 75.8 Å². The van der Waals surface area contributed by atoms with Crippen LogP contribution in [0.3, 0.4) is 0 Å². The molecule has 0 aliphatic carbocycles. The number of ether oxygens (including phenoxy) is 1. The van der Waals surface area contributed by atoms with E-state index < -0.39 is 47.8 Å². The predicted octanol–water partition coefficient (Wildman–Crippen LogP) is 6.39. The number of rotatable bonds is 26. The molecule has 0 heterocycles. The number of aliphatic hydroxyl groups is 1. The van der Waals surface area contributed by atoms with Gasteiger partial charge in [0.25, 0.3) is 0 Å². The van der Waals surface area contributed by atoms with Crippen LogP contribution in [0, 0.1) is 5.92 Å². The van der Waals surface area contributed by atoms with Crippen LogP contribution in [0.15, 0.2) is 60.7 Å². The summed E-state index contributed by atoms with van der Waals surface area (Å²) in [5, 5.41) is 42.3. The molecule has 0 aromatic heterocycles. The summed E-state index contributed by atoms with van der Waals surface area (Å²) in [5.74, 6) is -6.64. The zero-order chi connectivity index (χ0) is 37.8. The fraction of sp³-hybridized carbons (Fsp3) is 0.513. The molecule has 5 N–H and O–H groups in total. The second-order valence-corrected chi connectivity index (χ2v) is 13.1. The highest BCUT2D eigenvalue weighted by molar-refractivity contribution is 5.94. The molecule has 2 aromatic carbocycles. The van der Waals surface area contributed by atoms with Gasteiger partial charge in [0.05, 0.1) is 12.3 Å². The molecule has 0 bridgehead atoms. The number of amides is 1. The lowest BCUT2D eigenvalue weighted by Gasteiger charge is -2.29. The maximum absolute atomic E-state index is 13.4. The van der Waals surface area contributed by atoms with Gasteiger partial charge in [-0.05, 0) is 67.6 Å². The third kappa shape index (κ3) is 15.4. The van der Waals surface area contributed by atoms with Crippen LogP contribution in [-0.2, 0) is 30.4 Å². The van der Waals surface area contributed by atoms with Crippen LogP contribution in [0.25, 0.3) is 0 Å². The van der Waals surface area contributed by atoms with Gasteiger partial charge in [-0.2, -0.15) is 0 Å². The second-order valence-electron chi connectivity index (χ2n) is 13.1. The molecule has 2 aromatic rings. The third-order valence-electron chi connectivity index (χ3n) is 8.62. The van der Waals surface area contributed by atoms with Gasteiger partial charge in [-0.3, -0.25) is 14.4 Å². The van der Waals surface area contributed by atoms with Crippen molar-refractivity contribution in [3.8, 4) is 11.5 Å². The Bertz CT molecular complexity index is 1440. The highest BCUT2D eigenvalue weighted by atomic mass is 16.5. The summed E-state index contributed by atoms with van der Waals surface area (Å²) in [6.07, 6.45) is 11.2. The molecule has 51 heavy (non-hydrogen) atoms. The zero-order valence-electron chi connectivity index (χ0n) is 30.0. The molecule has 2 rings (SSSR count). The molecule has 0 saturated carbocycles. The van der Waals surface area contributed by atoms with Gasteiger partial charge in [-0.1, -0.05) is 69.7 Å². The smallest absolute Gasteiger partial charge is 0.337 e.